The second-order valence-electron chi connectivity index (χ2n) is 4.87. The Labute approximate surface area is 136 Å². The monoisotopic (exact) mass is 330 g/mol. The van der Waals surface area contributed by atoms with Crippen molar-refractivity contribution in [3.63, 3.8) is 0 Å². The normalized spacial score (nSPS) is 10.5. The number of hydrogen-bond acceptors (Lipinski definition) is 3. The van der Waals surface area contributed by atoms with E-state index in [1.807, 2.05) is 6.07 Å². The Morgan fingerprint density at radius 2 is 2.13 bits per heavy atom. The molecule has 3 rings (SSSR count). The molecule has 0 radical (unpaired) electrons. The summed E-state index contributed by atoms with van der Waals surface area (Å²) in [5.74, 6) is -0.976. The van der Waals surface area contributed by atoms with Gasteiger partial charge < -0.3 is 5.32 Å². The Hall–Kier alpha value is -2.73. The van der Waals surface area contributed by atoms with E-state index in [9.17, 15) is 9.18 Å². The predicted octanol–water partition coefficient (Wildman–Crippen LogP) is 3.37. The van der Waals surface area contributed by atoms with Crippen LogP contribution in [-0.2, 0) is 6.54 Å². The van der Waals surface area contributed by atoms with Crippen LogP contribution in [0.3, 0.4) is 0 Å². The van der Waals surface area contributed by atoms with E-state index in [-0.39, 0.29) is 10.7 Å². The topological polar surface area (TPSA) is 59.8 Å². The third-order valence-corrected chi connectivity index (χ3v) is 3.41. The minimum Gasteiger partial charge on any atom is -0.319 e. The third kappa shape index (κ3) is 3.73. The van der Waals surface area contributed by atoms with Crippen molar-refractivity contribution in [2.45, 2.75) is 6.54 Å². The zero-order valence-corrected chi connectivity index (χ0v) is 12.7. The molecule has 0 saturated heterocycles. The van der Waals surface area contributed by atoms with Crippen molar-refractivity contribution in [3.05, 3.63) is 77.1 Å². The number of nitrogens with one attached hydrogen (secondary N) is 1. The van der Waals surface area contributed by atoms with E-state index in [2.05, 4.69) is 15.4 Å². The number of halogens is 2. The molecule has 0 atom stereocenters. The van der Waals surface area contributed by atoms with E-state index in [4.69, 9.17) is 11.6 Å². The van der Waals surface area contributed by atoms with Gasteiger partial charge in [-0.2, -0.15) is 5.10 Å². The lowest BCUT2D eigenvalue weighted by atomic mass is 10.1. The molecule has 1 heterocycles. The number of benzene rings is 2. The molecule has 0 saturated carbocycles. The number of amides is 1. The molecule has 3 aromatic rings. The van der Waals surface area contributed by atoms with Gasteiger partial charge in [0.25, 0.3) is 5.91 Å². The van der Waals surface area contributed by atoms with Gasteiger partial charge >= 0.3 is 0 Å². The summed E-state index contributed by atoms with van der Waals surface area (Å²) >= 11 is 5.69. The maximum absolute atomic E-state index is 13.7. The molecule has 0 spiro atoms. The molecule has 0 aliphatic rings. The first-order valence-corrected chi connectivity index (χ1v) is 7.17. The summed E-state index contributed by atoms with van der Waals surface area (Å²) in [4.78, 5) is 16.1. The number of nitrogens with zero attached hydrogens (tertiary/aromatic N) is 3. The molecule has 0 bridgehead atoms. The zero-order valence-electron chi connectivity index (χ0n) is 11.9. The van der Waals surface area contributed by atoms with Gasteiger partial charge in [0.15, 0.2) is 0 Å². The lowest BCUT2D eigenvalue weighted by Gasteiger charge is -2.08. The Bertz CT molecular complexity index is 836. The predicted molar refractivity (Wildman–Crippen MR) is 84.9 cm³/mol. The number of hydrogen-bond donors (Lipinski definition) is 1. The quantitative estimate of drug-likeness (QED) is 0.798. The van der Waals surface area contributed by atoms with Crippen LogP contribution in [0.1, 0.15) is 15.9 Å². The van der Waals surface area contributed by atoms with Gasteiger partial charge in [0.05, 0.1) is 12.2 Å². The van der Waals surface area contributed by atoms with Crippen LogP contribution in [0.5, 0.6) is 0 Å². The van der Waals surface area contributed by atoms with E-state index in [0.29, 0.717) is 12.1 Å². The fraction of sp³-hybridized carbons (Fsp3) is 0.0625. The molecule has 1 N–H and O–H groups in total. The van der Waals surface area contributed by atoms with Crippen molar-refractivity contribution in [1.29, 1.82) is 0 Å². The Morgan fingerprint density at radius 3 is 2.87 bits per heavy atom. The highest BCUT2D eigenvalue weighted by atomic mass is 35.5. The average molecular weight is 331 g/mol. The summed E-state index contributed by atoms with van der Waals surface area (Å²) < 4.78 is 15.4. The lowest BCUT2D eigenvalue weighted by Crippen LogP contribution is -2.13. The minimum absolute atomic E-state index is 0.0843. The van der Waals surface area contributed by atoms with Crippen molar-refractivity contribution >= 4 is 23.2 Å². The summed E-state index contributed by atoms with van der Waals surface area (Å²) in [6.07, 6.45) is 3.04. The summed E-state index contributed by atoms with van der Waals surface area (Å²) in [5, 5.41) is 6.82. The number of anilines is 1. The summed E-state index contributed by atoms with van der Waals surface area (Å²) in [7, 11) is 0. The molecule has 5 nitrogen and oxygen atoms in total. The zero-order chi connectivity index (χ0) is 16.2. The van der Waals surface area contributed by atoms with Crippen LogP contribution >= 0.6 is 11.6 Å². The molecule has 0 aliphatic heterocycles. The van der Waals surface area contributed by atoms with Gasteiger partial charge in [-0.05, 0) is 35.9 Å². The molecule has 0 fully saturated rings. The van der Waals surface area contributed by atoms with Gasteiger partial charge in [-0.15, -0.1) is 0 Å². The van der Waals surface area contributed by atoms with Crippen molar-refractivity contribution in [2.75, 3.05) is 5.32 Å². The molecular weight excluding hydrogens is 319 g/mol. The van der Waals surface area contributed by atoms with Crippen LogP contribution in [0, 0.1) is 5.82 Å². The smallest absolute Gasteiger partial charge is 0.255 e. The van der Waals surface area contributed by atoms with E-state index in [1.165, 1.54) is 18.5 Å². The summed E-state index contributed by atoms with van der Waals surface area (Å²) in [5.41, 5.74) is 1.40. The molecule has 7 heteroatoms. The van der Waals surface area contributed by atoms with Crippen molar-refractivity contribution < 1.29 is 9.18 Å². The van der Waals surface area contributed by atoms with Crippen molar-refractivity contribution in [2.24, 2.45) is 0 Å². The van der Waals surface area contributed by atoms with E-state index in [1.54, 1.807) is 29.2 Å². The van der Waals surface area contributed by atoms with Gasteiger partial charge in [-0.1, -0.05) is 23.7 Å². The Morgan fingerprint density at radius 1 is 1.26 bits per heavy atom. The summed E-state index contributed by atoms with van der Waals surface area (Å²) in [6.45, 7) is 0.496. The molecular formula is C16H12ClFN4O. The highest BCUT2D eigenvalue weighted by Crippen LogP contribution is 2.19. The third-order valence-electron chi connectivity index (χ3n) is 3.18. The highest BCUT2D eigenvalue weighted by Gasteiger charge is 2.10. The van der Waals surface area contributed by atoms with Gasteiger partial charge in [-0.25, -0.2) is 14.1 Å². The van der Waals surface area contributed by atoms with Gasteiger partial charge in [0.1, 0.15) is 18.5 Å². The highest BCUT2D eigenvalue weighted by molar-refractivity contribution is 6.30. The summed E-state index contributed by atoms with van der Waals surface area (Å²) in [6, 6.07) is 11.1. The van der Waals surface area contributed by atoms with E-state index < -0.39 is 11.7 Å². The molecule has 2 aromatic carbocycles. The molecule has 0 aliphatic carbocycles. The van der Waals surface area contributed by atoms with Gasteiger partial charge in [0.2, 0.25) is 0 Å². The van der Waals surface area contributed by atoms with Crippen LogP contribution in [-0.4, -0.2) is 20.7 Å². The van der Waals surface area contributed by atoms with Gasteiger partial charge in [-0.3, -0.25) is 4.79 Å². The van der Waals surface area contributed by atoms with Crippen molar-refractivity contribution in [1.82, 2.24) is 14.8 Å². The minimum atomic E-state index is -0.579. The maximum atomic E-state index is 13.7. The van der Waals surface area contributed by atoms with Crippen molar-refractivity contribution in [3.8, 4) is 0 Å². The Balaban J connectivity index is 1.77. The van der Waals surface area contributed by atoms with Crippen LogP contribution < -0.4 is 5.32 Å². The van der Waals surface area contributed by atoms with Crippen LogP contribution in [0.4, 0.5) is 10.1 Å². The fourth-order valence-corrected chi connectivity index (χ4v) is 2.26. The first-order chi connectivity index (χ1) is 11.1. The Kier molecular flexibility index (Phi) is 4.34. The second-order valence-corrected chi connectivity index (χ2v) is 5.31. The van der Waals surface area contributed by atoms with E-state index >= 15 is 0 Å². The maximum Gasteiger partial charge on any atom is 0.255 e. The number of rotatable bonds is 4. The molecule has 1 amide bonds. The average Bonchev–Trinajstić information content (AvgIpc) is 3.03. The largest absolute Gasteiger partial charge is 0.319 e. The van der Waals surface area contributed by atoms with Crippen LogP contribution in [0.25, 0.3) is 0 Å². The fourth-order valence-electron chi connectivity index (χ4n) is 2.10. The first-order valence-electron chi connectivity index (χ1n) is 6.79. The molecule has 23 heavy (non-hydrogen) atoms. The van der Waals surface area contributed by atoms with E-state index in [0.717, 1.165) is 11.6 Å². The standard InChI is InChI=1S/C16H12ClFN4O/c17-13-4-5-15(14(18)7-13)21-16(23)12-3-1-2-11(6-12)8-22-10-19-9-20-22/h1-7,9-10H,8H2,(H,21,23). The number of aromatic nitrogens is 3. The molecule has 1 aromatic heterocycles. The SMILES string of the molecule is O=C(Nc1ccc(Cl)cc1F)c1cccc(Cn2cncn2)c1. The van der Waals surface area contributed by atoms with Gasteiger partial charge in [0, 0.05) is 10.6 Å². The molecule has 116 valence electrons. The van der Waals surface area contributed by atoms with Crippen LogP contribution in [0.2, 0.25) is 5.02 Å². The first kappa shape index (κ1) is 15.2. The van der Waals surface area contributed by atoms with Crippen LogP contribution in [0.15, 0.2) is 55.1 Å². The lowest BCUT2D eigenvalue weighted by molar-refractivity contribution is 0.102. The number of carbonyl (C=O) groups excluding carboxylic acids is 1. The number of carbonyl (C=O) groups is 1. The molecule has 0 unspecified atom stereocenters. The second kappa shape index (κ2) is 6.58.